The highest BCUT2D eigenvalue weighted by atomic mass is 79.9. The van der Waals surface area contributed by atoms with Crippen LogP contribution in [0.25, 0.3) is 0 Å². The predicted molar refractivity (Wildman–Crippen MR) is 120 cm³/mol. The van der Waals surface area contributed by atoms with Crippen molar-refractivity contribution >= 4 is 38.0 Å². The number of nitrogens with zero attached hydrogens (tertiary/aromatic N) is 3. The molecule has 0 bridgehead atoms. The van der Waals surface area contributed by atoms with E-state index in [4.69, 9.17) is 4.74 Å². The van der Waals surface area contributed by atoms with Crippen LogP contribution in [-0.4, -0.2) is 79.4 Å². The highest BCUT2D eigenvalue weighted by Gasteiger charge is 2.35. The summed E-state index contributed by atoms with van der Waals surface area (Å²) in [7, 11) is -3.71. The Bertz CT molecular complexity index is 923. The third-order valence-electron chi connectivity index (χ3n) is 5.46. The van der Waals surface area contributed by atoms with E-state index in [1.807, 2.05) is 20.8 Å². The molecule has 2 fully saturated rings. The van der Waals surface area contributed by atoms with Gasteiger partial charge in [-0.1, -0.05) is 22.0 Å². The van der Waals surface area contributed by atoms with Crippen molar-refractivity contribution in [3.63, 3.8) is 0 Å². The Morgan fingerprint density at radius 2 is 1.84 bits per heavy atom. The summed E-state index contributed by atoms with van der Waals surface area (Å²) in [6.07, 6.45) is 1.29. The number of hydrogen-bond acceptors (Lipinski definition) is 5. The Balaban J connectivity index is 1.51. The maximum absolute atomic E-state index is 12.9. The van der Waals surface area contributed by atoms with Gasteiger partial charge >= 0.3 is 6.09 Å². The van der Waals surface area contributed by atoms with E-state index < -0.39 is 15.6 Å². The average molecular weight is 516 g/mol. The van der Waals surface area contributed by atoms with Crippen LogP contribution in [0.2, 0.25) is 0 Å². The van der Waals surface area contributed by atoms with Crippen molar-refractivity contribution in [2.24, 2.45) is 5.92 Å². The lowest BCUT2D eigenvalue weighted by molar-refractivity contribution is -0.135. The lowest BCUT2D eigenvalue weighted by atomic mass is 9.96. The Kier molecular flexibility index (Phi) is 7.32. The van der Waals surface area contributed by atoms with E-state index in [1.165, 1.54) is 10.4 Å². The molecule has 0 spiro atoms. The number of rotatable bonds is 4. The Morgan fingerprint density at radius 3 is 2.42 bits per heavy atom. The number of carbonyl (C=O) groups is 2. The van der Waals surface area contributed by atoms with Gasteiger partial charge in [0, 0.05) is 37.2 Å². The van der Waals surface area contributed by atoms with Gasteiger partial charge in [0.1, 0.15) is 5.60 Å². The van der Waals surface area contributed by atoms with Crippen LogP contribution in [0.3, 0.4) is 0 Å². The number of piperidine rings is 1. The zero-order valence-corrected chi connectivity index (χ0v) is 20.6. The van der Waals surface area contributed by atoms with Crippen LogP contribution in [0.15, 0.2) is 33.6 Å². The summed E-state index contributed by atoms with van der Waals surface area (Å²) in [6, 6.07) is 6.51. The van der Waals surface area contributed by atoms with Gasteiger partial charge in [0.05, 0.1) is 11.4 Å². The van der Waals surface area contributed by atoms with Crippen molar-refractivity contribution in [2.45, 2.75) is 44.1 Å². The molecule has 0 atom stereocenters. The van der Waals surface area contributed by atoms with E-state index in [-0.39, 0.29) is 35.9 Å². The highest BCUT2D eigenvalue weighted by Crippen LogP contribution is 2.24. The van der Waals surface area contributed by atoms with Gasteiger partial charge in [-0.3, -0.25) is 4.79 Å². The van der Waals surface area contributed by atoms with Crippen LogP contribution in [0.5, 0.6) is 0 Å². The maximum Gasteiger partial charge on any atom is 0.410 e. The van der Waals surface area contributed by atoms with Gasteiger partial charge in [0.15, 0.2) is 0 Å². The molecular formula is C21H30BrN3O5S. The minimum Gasteiger partial charge on any atom is -0.444 e. The zero-order valence-electron chi connectivity index (χ0n) is 18.2. The number of halogens is 1. The van der Waals surface area contributed by atoms with Crippen molar-refractivity contribution < 1.29 is 22.7 Å². The Hall–Kier alpha value is -1.65. The molecule has 0 aliphatic carbocycles. The molecule has 10 heteroatoms. The van der Waals surface area contributed by atoms with Gasteiger partial charge in [-0.2, -0.15) is 4.31 Å². The summed E-state index contributed by atoms with van der Waals surface area (Å²) >= 11 is 3.29. The summed E-state index contributed by atoms with van der Waals surface area (Å²) < 4.78 is 33.1. The normalized spacial score (nSPS) is 19.5. The van der Waals surface area contributed by atoms with Crippen LogP contribution >= 0.6 is 15.9 Å². The number of benzene rings is 1. The number of sulfonamides is 1. The largest absolute Gasteiger partial charge is 0.444 e. The van der Waals surface area contributed by atoms with Crippen molar-refractivity contribution in [3.05, 3.63) is 28.7 Å². The Morgan fingerprint density at radius 1 is 1.16 bits per heavy atom. The third kappa shape index (κ3) is 6.20. The van der Waals surface area contributed by atoms with Crippen LogP contribution in [-0.2, 0) is 19.6 Å². The molecule has 2 saturated heterocycles. The molecular weight excluding hydrogens is 486 g/mol. The van der Waals surface area contributed by atoms with Crippen LogP contribution in [0.4, 0.5) is 4.79 Å². The highest BCUT2D eigenvalue weighted by molar-refractivity contribution is 9.10. The van der Waals surface area contributed by atoms with Gasteiger partial charge < -0.3 is 14.5 Å². The molecule has 0 saturated carbocycles. The number of carbonyl (C=O) groups excluding carboxylic acids is 2. The minimum atomic E-state index is -3.71. The standard InChI is InChI=1S/C21H30BrN3O5S/c1-21(2,3)30-20(27)23-9-7-16(8-10-23)14-24-11-12-25(15-19(24)26)31(28,29)18-6-4-5-17(22)13-18/h4-6,13,16H,7-12,14-15H2,1-3H3. The zero-order chi connectivity index (χ0) is 22.8. The lowest BCUT2D eigenvalue weighted by Crippen LogP contribution is -2.53. The first-order valence-electron chi connectivity index (χ1n) is 10.5. The lowest BCUT2D eigenvalue weighted by Gasteiger charge is -2.38. The molecule has 2 heterocycles. The van der Waals surface area contributed by atoms with Crippen molar-refractivity contribution in [3.8, 4) is 0 Å². The van der Waals surface area contributed by atoms with Gasteiger partial charge in [-0.05, 0) is 57.7 Å². The summed E-state index contributed by atoms with van der Waals surface area (Å²) in [6.45, 7) is 7.84. The van der Waals surface area contributed by atoms with Crippen molar-refractivity contribution in [1.29, 1.82) is 0 Å². The monoisotopic (exact) mass is 515 g/mol. The summed E-state index contributed by atoms with van der Waals surface area (Å²) in [5.74, 6) is 0.107. The second-order valence-electron chi connectivity index (χ2n) is 9.05. The first-order valence-corrected chi connectivity index (χ1v) is 12.7. The maximum atomic E-state index is 12.9. The first-order chi connectivity index (χ1) is 14.5. The van der Waals surface area contributed by atoms with Gasteiger partial charge in [-0.15, -0.1) is 0 Å². The molecule has 31 heavy (non-hydrogen) atoms. The molecule has 0 radical (unpaired) electrons. The molecule has 1 aromatic carbocycles. The van der Waals surface area contributed by atoms with E-state index in [1.54, 1.807) is 28.0 Å². The van der Waals surface area contributed by atoms with Crippen molar-refractivity contribution in [1.82, 2.24) is 14.1 Å². The van der Waals surface area contributed by atoms with Crippen LogP contribution in [0.1, 0.15) is 33.6 Å². The van der Waals surface area contributed by atoms with Gasteiger partial charge in [0.25, 0.3) is 0 Å². The fourth-order valence-corrected chi connectivity index (χ4v) is 5.78. The molecule has 8 nitrogen and oxygen atoms in total. The van der Waals surface area contributed by atoms with Gasteiger partial charge in [0.2, 0.25) is 15.9 Å². The molecule has 2 aliphatic rings. The van der Waals surface area contributed by atoms with Crippen LogP contribution < -0.4 is 0 Å². The molecule has 172 valence electrons. The molecule has 2 amide bonds. The molecule has 0 aromatic heterocycles. The second-order valence-corrected chi connectivity index (χ2v) is 11.9. The van der Waals surface area contributed by atoms with Gasteiger partial charge in [-0.25, -0.2) is 13.2 Å². The fourth-order valence-electron chi connectivity index (χ4n) is 3.80. The quantitative estimate of drug-likeness (QED) is 0.615. The smallest absolute Gasteiger partial charge is 0.410 e. The molecule has 3 rings (SSSR count). The van der Waals surface area contributed by atoms with E-state index in [9.17, 15) is 18.0 Å². The molecule has 1 aromatic rings. The number of piperazine rings is 1. The first kappa shape index (κ1) is 24.0. The van der Waals surface area contributed by atoms with Crippen LogP contribution in [0, 0.1) is 5.92 Å². The SMILES string of the molecule is CC(C)(C)OC(=O)N1CCC(CN2CCN(S(=O)(=O)c3cccc(Br)c3)CC2=O)CC1. The fraction of sp³-hybridized carbons (Fsp3) is 0.619. The number of hydrogen-bond donors (Lipinski definition) is 0. The summed E-state index contributed by atoms with van der Waals surface area (Å²) in [4.78, 5) is 28.5. The number of ether oxygens (including phenoxy) is 1. The summed E-state index contributed by atoms with van der Waals surface area (Å²) in [5.41, 5.74) is -0.518. The molecule has 0 unspecified atom stereocenters. The summed E-state index contributed by atoms with van der Waals surface area (Å²) in [5, 5.41) is 0. The second kappa shape index (κ2) is 9.46. The van der Waals surface area contributed by atoms with Crippen molar-refractivity contribution in [2.75, 3.05) is 39.3 Å². The number of likely N-dealkylation sites (tertiary alicyclic amines) is 1. The van der Waals surface area contributed by atoms with E-state index >= 15 is 0 Å². The van der Waals surface area contributed by atoms with E-state index in [0.717, 1.165) is 12.8 Å². The topological polar surface area (TPSA) is 87.2 Å². The third-order valence-corrected chi connectivity index (χ3v) is 7.80. The molecule has 2 aliphatic heterocycles. The molecule has 0 N–H and O–H groups in total. The van der Waals surface area contributed by atoms with E-state index in [2.05, 4.69) is 15.9 Å². The van der Waals surface area contributed by atoms with E-state index in [0.29, 0.717) is 30.7 Å². The number of amides is 2. The minimum absolute atomic E-state index is 0.147. The predicted octanol–water partition coefficient (Wildman–Crippen LogP) is 2.93. The average Bonchev–Trinajstić information content (AvgIpc) is 2.68. The Labute approximate surface area is 192 Å².